The van der Waals surface area contributed by atoms with Crippen molar-refractivity contribution in [1.29, 1.82) is 0 Å². The van der Waals surface area contributed by atoms with Crippen LogP contribution in [0.3, 0.4) is 0 Å². The smallest absolute Gasteiger partial charge is 0.273 e. The second-order valence-electron chi connectivity index (χ2n) is 9.38. The highest BCUT2D eigenvalue weighted by Gasteiger charge is 2.33. The number of anilines is 1. The van der Waals surface area contributed by atoms with Gasteiger partial charge in [0.15, 0.2) is 9.84 Å². The van der Waals surface area contributed by atoms with Gasteiger partial charge in [-0.3, -0.25) is 4.79 Å². The topological polar surface area (TPSA) is 123 Å². The minimum atomic E-state index is -3.71. The fourth-order valence-electron chi connectivity index (χ4n) is 3.89. The minimum absolute atomic E-state index is 0.0302. The van der Waals surface area contributed by atoms with E-state index < -0.39 is 25.8 Å². The van der Waals surface area contributed by atoms with Gasteiger partial charge in [-0.1, -0.05) is 34.6 Å². The Bertz CT molecular complexity index is 1250. The second-order valence-corrected chi connectivity index (χ2v) is 13.5. The third-order valence-corrected chi connectivity index (χ3v) is 9.62. The van der Waals surface area contributed by atoms with E-state index in [1.807, 2.05) is 20.8 Å². The Morgan fingerprint density at radius 1 is 1.24 bits per heavy atom. The van der Waals surface area contributed by atoms with Gasteiger partial charge in [0.2, 0.25) is 10.0 Å². The number of carbonyl (C=O) groups is 1. The van der Waals surface area contributed by atoms with Gasteiger partial charge in [0, 0.05) is 37.8 Å². The first-order valence-corrected chi connectivity index (χ1v) is 14.2. The van der Waals surface area contributed by atoms with Gasteiger partial charge in [-0.15, -0.1) is 0 Å². The van der Waals surface area contributed by atoms with Crippen LogP contribution in [0.15, 0.2) is 23.2 Å². The number of sulfone groups is 1. The van der Waals surface area contributed by atoms with E-state index in [-0.39, 0.29) is 33.6 Å². The molecule has 3 rings (SSSR count). The fourth-order valence-corrected chi connectivity index (χ4v) is 7.12. The molecule has 1 aliphatic heterocycles. The highest BCUT2D eigenvalue weighted by molar-refractivity contribution is 7.91. The van der Waals surface area contributed by atoms with Crippen molar-refractivity contribution in [2.45, 2.75) is 57.4 Å². The SMILES string of the molecule is CCN(CC)S(=O)(=O)c1cc(C(=O)Nc2cc(C(C)(C)C)nn2C2CCS(=O)(=O)C2)n(C)c1. The largest absolute Gasteiger partial charge is 0.345 e. The summed E-state index contributed by atoms with van der Waals surface area (Å²) < 4.78 is 54.1. The van der Waals surface area contributed by atoms with Crippen LogP contribution in [0.4, 0.5) is 5.82 Å². The van der Waals surface area contributed by atoms with Gasteiger partial charge in [0.1, 0.15) is 16.4 Å². The van der Waals surface area contributed by atoms with Crippen LogP contribution < -0.4 is 5.32 Å². The van der Waals surface area contributed by atoms with Gasteiger partial charge >= 0.3 is 0 Å². The Morgan fingerprint density at radius 2 is 1.88 bits per heavy atom. The van der Waals surface area contributed by atoms with Crippen LogP contribution in [-0.2, 0) is 32.3 Å². The number of rotatable bonds is 7. The molecule has 0 saturated carbocycles. The van der Waals surface area contributed by atoms with E-state index in [2.05, 4.69) is 10.4 Å². The zero-order valence-corrected chi connectivity index (χ0v) is 21.6. The van der Waals surface area contributed by atoms with Gasteiger partial charge in [0.05, 0.1) is 23.2 Å². The summed E-state index contributed by atoms with van der Waals surface area (Å²) in [6.45, 7) is 10.1. The minimum Gasteiger partial charge on any atom is -0.345 e. The lowest BCUT2D eigenvalue weighted by atomic mass is 9.92. The molecular weight excluding hydrogens is 466 g/mol. The third-order valence-electron chi connectivity index (χ3n) is 5.86. The average Bonchev–Trinajstić information content (AvgIpc) is 3.38. The lowest BCUT2D eigenvalue weighted by molar-refractivity contribution is 0.101. The quantitative estimate of drug-likeness (QED) is 0.623. The van der Waals surface area contributed by atoms with Crippen LogP contribution in [0.1, 0.15) is 63.3 Å². The zero-order chi connectivity index (χ0) is 24.8. The third kappa shape index (κ3) is 5.17. The van der Waals surface area contributed by atoms with Crippen molar-refractivity contribution in [3.05, 3.63) is 29.7 Å². The molecule has 33 heavy (non-hydrogen) atoms. The molecule has 0 aliphatic carbocycles. The molecule has 1 amide bonds. The summed E-state index contributed by atoms with van der Waals surface area (Å²) in [4.78, 5) is 13.2. The van der Waals surface area contributed by atoms with E-state index >= 15 is 0 Å². The molecule has 1 atom stereocenters. The molecular formula is C21H33N5O5S2. The van der Waals surface area contributed by atoms with Crippen LogP contribution in [0, 0.1) is 0 Å². The molecule has 1 aliphatic rings. The number of nitrogens with zero attached hydrogens (tertiary/aromatic N) is 4. The number of sulfonamides is 1. The molecule has 0 aromatic carbocycles. The van der Waals surface area contributed by atoms with Gasteiger partial charge in [-0.25, -0.2) is 21.5 Å². The zero-order valence-electron chi connectivity index (χ0n) is 20.0. The van der Waals surface area contributed by atoms with E-state index in [9.17, 15) is 21.6 Å². The monoisotopic (exact) mass is 499 g/mol. The molecule has 1 unspecified atom stereocenters. The molecule has 2 aromatic rings. The van der Waals surface area contributed by atoms with Crippen molar-refractivity contribution >= 4 is 31.6 Å². The van der Waals surface area contributed by atoms with Gasteiger partial charge in [-0.05, 0) is 12.5 Å². The van der Waals surface area contributed by atoms with Crippen molar-refractivity contribution in [3.8, 4) is 0 Å². The molecule has 12 heteroatoms. The molecule has 10 nitrogen and oxygen atoms in total. The molecule has 3 heterocycles. The highest BCUT2D eigenvalue weighted by Crippen LogP contribution is 2.31. The van der Waals surface area contributed by atoms with Gasteiger partial charge < -0.3 is 9.88 Å². The lowest BCUT2D eigenvalue weighted by Gasteiger charge is -2.17. The first kappa shape index (κ1) is 25.4. The molecule has 0 bridgehead atoms. The molecule has 0 spiro atoms. The van der Waals surface area contributed by atoms with Crippen molar-refractivity contribution in [2.24, 2.45) is 7.05 Å². The first-order valence-electron chi connectivity index (χ1n) is 11.0. The summed E-state index contributed by atoms with van der Waals surface area (Å²) >= 11 is 0. The lowest BCUT2D eigenvalue weighted by Crippen LogP contribution is -2.30. The molecule has 0 radical (unpaired) electrons. The van der Waals surface area contributed by atoms with Crippen molar-refractivity contribution < 1.29 is 21.6 Å². The maximum absolute atomic E-state index is 13.1. The molecule has 184 valence electrons. The number of aromatic nitrogens is 3. The van der Waals surface area contributed by atoms with Crippen LogP contribution in [0.25, 0.3) is 0 Å². The van der Waals surface area contributed by atoms with Crippen LogP contribution in [-0.4, -0.2) is 66.0 Å². The second kappa shape index (κ2) is 8.88. The number of hydrogen-bond donors (Lipinski definition) is 1. The summed E-state index contributed by atoms with van der Waals surface area (Å²) in [5.74, 6) is -0.0557. The van der Waals surface area contributed by atoms with Crippen LogP contribution in [0.2, 0.25) is 0 Å². The summed E-state index contributed by atoms with van der Waals surface area (Å²) in [6, 6.07) is 2.74. The Hall–Kier alpha value is -2.18. The number of hydrogen-bond acceptors (Lipinski definition) is 6. The standard InChI is InChI=1S/C21H33N5O5S2/c1-7-25(8-2)33(30,31)16-11-17(24(6)13-16)20(27)22-19-12-18(21(3,4)5)23-26(19)15-9-10-32(28,29)14-15/h11-13,15H,7-10,14H2,1-6H3,(H,22,27). The average molecular weight is 500 g/mol. The van der Waals surface area contributed by atoms with E-state index in [1.54, 1.807) is 31.6 Å². The van der Waals surface area contributed by atoms with Gasteiger partial charge in [0.25, 0.3) is 5.91 Å². The van der Waals surface area contributed by atoms with E-state index in [0.717, 1.165) is 5.69 Å². The predicted molar refractivity (Wildman–Crippen MR) is 127 cm³/mol. The van der Waals surface area contributed by atoms with E-state index in [0.29, 0.717) is 25.3 Å². The molecule has 1 N–H and O–H groups in total. The predicted octanol–water partition coefficient (Wildman–Crippen LogP) is 2.16. The van der Waals surface area contributed by atoms with Crippen LogP contribution >= 0.6 is 0 Å². The summed E-state index contributed by atoms with van der Waals surface area (Å²) in [6.07, 6.45) is 1.84. The number of amides is 1. The molecule has 1 fully saturated rings. The fraction of sp³-hybridized carbons (Fsp3) is 0.619. The Labute approximate surface area is 195 Å². The maximum atomic E-state index is 13.1. The summed E-state index contributed by atoms with van der Waals surface area (Å²) in [5.41, 5.74) is 0.585. The van der Waals surface area contributed by atoms with Crippen molar-refractivity contribution in [3.63, 3.8) is 0 Å². The number of carbonyl (C=O) groups excluding carboxylic acids is 1. The molecule has 1 saturated heterocycles. The van der Waals surface area contributed by atoms with E-state index in [4.69, 9.17) is 0 Å². The first-order chi connectivity index (χ1) is 15.2. The summed E-state index contributed by atoms with van der Waals surface area (Å²) in [7, 11) is -5.25. The highest BCUT2D eigenvalue weighted by atomic mass is 32.2. The normalized spacial score (nSPS) is 18.7. The van der Waals surface area contributed by atoms with Gasteiger partial charge in [-0.2, -0.15) is 9.40 Å². The van der Waals surface area contributed by atoms with E-state index in [1.165, 1.54) is 21.1 Å². The van der Waals surface area contributed by atoms with Crippen molar-refractivity contribution in [1.82, 2.24) is 18.7 Å². The van der Waals surface area contributed by atoms with Crippen molar-refractivity contribution in [2.75, 3.05) is 29.9 Å². The summed E-state index contributed by atoms with van der Waals surface area (Å²) in [5, 5.41) is 7.44. The molecule has 2 aromatic heterocycles. The van der Waals surface area contributed by atoms with Crippen LogP contribution in [0.5, 0.6) is 0 Å². The maximum Gasteiger partial charge on any atom is 0.273 e. The Morgan fingerprint density at radius 3 is 2.39 bits per heavy atom. The number of nitrogens with one attached hydrogen (secondary N) is 1. The Balaban J connectivity index is 1.95. The Kier molecular flexibility index (Phi) is 6.84. The number of aryl methyl sites for hydroxylation is 1.